The van der Waals surface area contributed by atoms with Gasteiger partial charge in [0.05, 0.1) is 10.7 Å². The maximum atomic E-state index is 13.3. The Hall–Kier alpha value is -1.17. The van der Waals surface area contributed by atoms with E-state index >= 15 is 0 Å². The third kappa shape index (κ3) is 2.53. The molecule has 1 N–H and O–H groups in total. The molecule has 2 aromatic heterocycles. The summed E-state index contributed by atoms with van der Waals surface area (Å²) in [5, 5.41) is 4.46. The highest BCUT2D eigenvalue weighted by Crippen LogP contribution is 2.36. The molecule has 0 aliphatic rings. The van der Waals surface area contributed by atoms with E-state index in [2.05, 4.69) is 34.2 Å². The van der Waals surface area contributed by atoms with Crippen LogP contribution in [0.3, 0.4) is 0 Å². The average Bonchev–Trinajstić information content (AvgIpc) is 3.01. The fourth-order valence-electron chi connectivity index (χ4n) is 2.21. The van der Waals surface area contributed by atoms with E-state index in [4.69, 9.17) is 4.42 Å². The number of rotatable bonds is 4. The number of fused-ring (bicyclic) bond motifs is 1. The van der Waals surface area contributed by atoms with Crippen molar-refractivity contribution in [1.29, 1.82) is 0 Å². The summed E-state index contributed by atoms with van der Waals surface area (Å²) < 4.78 is 20.8. The molecule has 1 aromatic carbocycles. The minimum absolute atomic E-state index is 0.0233. The van der Waals surface area contributed by atoms with Gasteiger partial charge in [0.1, 0.15) is 17.6 Å². The lowest BCUT2D eigenvalue weighted by Gasteiger charge is -2.14. The Morgan fingerprint density at radius 3 is 2.90 bits per heavy atom. The summed E-state index contributed by atoms with van der Waals surface area (Å²) in [6.45, 7) is 2.87. The van der Waals surface area contributed by atoms with E-state index < -0.39 is 0 Å². The van der Waals surface area contributed by atoms with Crippen LogP contribution in [0.2, 0.25) is 0 Å². The molecule has 20 heavy (non-hydrogen) atoms. The zero-order chi connectivity index (χ0) is 14.1. The Morgan fingerprint density at radius 1 is 1.35 bits per heavy atom. The maximum Gasteiger partial charge on any atom is 0.140 e. The molecule has 0 bridgehead atoms. The van der Waals surface area contributed by atoms with E-state index in [1.54, 1.807) is 23.7 Å². The molecule has 3 aromatic rings. The predicted octanol–water partition coefficient (Wildman–Crippen LogP) is 5.09. The van der Waals surface area contributed by atoms with E-state index in [1.807, 2.05) is 12.1 Å². The van der Waals surface area contributed by atoms with Gasteiger partial charge in [-0.05, 0) is 52.1 Å². The third-order valence-corrected chi connectivity index (χ3v) is 4.92. The molecule has 0 saturated heterocycles. The van der Waals surface area contributed by atoms with E-state index in [9.17, 15) is 4.39 Å². The number of nitrogens with one attached hydrogen (secondary N) is 1. The highest BCUT2D eigenvalue weighted by atomic mass is 79.9. The van der Waals surface area contributed by atoms with Crippen molar-refractivity contribution in [1.82, 2.24) is 5.32 Å². The molecule has 0 amide bonds. The van der Waals surface area contributed by atoms with Gasteiger partial charge >= 0.3 is 0 Å². The minimum atomic E-state index is -0.204. The summed E-state index contributed by atoms with van der Waals surface area (Å²) in [5.41, 5.74) is 0. The molecule has 0 radical (unpaired) electrons. The number of thiophene rings is 1. The van der Waals surface area contributed by atoms with Crippen molar-refractivity contribution in [2.75, 3.05) is 6.54 Å². The number of benzene rings is 1. The molecule has 2 nitrogen and oxygen atoms in total. The van der Waals surface area contributed by atoms with Crippen molar-refractivity contribution >= 4 is 37.4 Å². The lowest BCUT2D eigenvalue weighted by molar-refractivity contribution is 0.453. The van der Waals surface area contributed by atoms with Crippen LogP contribution in [0.5, 0.6) is 0 Å². The molecule has 1 unspecified atom stereocenters. The van der Waals surface area contributed by atoms with Crippen molar-refractivity contribution in [2.24, 2.45) is 0 Å². The van der Waals surface area contributed by atoms with Crippen LogP contribution in [-0.2, 0) is 0 Å². The van der Waals surface area contributed by atoms with E-state index in [1.165, 1.54) is 6.07 Å². The van der Waals surface area contributed by atoms with Gasteiger partial charge in [0.15, 0.2) is 0 Å². The van der Waals surface area contributed by atoms with E-state index in [-0.39, 0.29) is 11.9 Å². The van der Waals surface area contributed by atoms with Gasteiger partial charge in [-0.2, -0.15) is 0 Å². The lowest BCUT2D eigenvalue weighted by Crippen LogP contribution is -2.20. The topological polar surface area (TPSA) is 25.2 Å². The first-order valence-electron chi connectivity index (χ1n) is 6.34. The van der Waals surface area contributed by atoms with Gasteiger partial charge in [0.2, 0.25) is 0 Å². The Bertz CT molecular complexity index is 736. The predicted molar refractivity (Wildman–Crippen MR) is 83.7 cm³/mol. The molecule has 0 saturated carbocycles. The first-order valence-corrected chi connectivity index (χ1v) is 7.95. The van der Waals surface area contributed by atoms with Crippen LogP contribution in [0.1, 0.15) is 23.6 Å². The second-order valence-electron chi connectivity index (χ2n) is 4.45. The Kier molecular flexibility index (Phi) is 3.92. The van der Waals surface area contributed by atoms with Crippen LogP contribution in [0.4, 0.5) is 4.39 Å². The van der Waals surface area contributed by atoms with Gasteiger partial charge < -0.3 is 9.73 Å². The molecule has 1 atom stereocenters. The first kappa shape index (κ1) is 13.8. The van der Waals surface area contributed by atoms with Crippen molar-refractivity contribution < 1.29 is 8.81 Å². The number of furan rings is 1. The summed E-state index contributed by atoms with van der Waals surface area (Å²) in [6, 6.07) is 8.82. The maximum absolute atomic E-state index is 13.3. The number of halogens is 2. The zero-order valence-electron chi connectivity index (χ0n) is 10.8. The Labute approximate surface area is 128 Å². The largest absolute Gasteiger partial charge is 0.466 e. The van der Waals surface area contributed by atoms with Gasteiger partial charge in [-0.15, -0.1) is 11.3 Å². The smallest absolute Gasteiger partial charge is 0.140 e. The molecule has 2 heterocycles. The number of hydrogen-bond acceptors (Lipinski definition) is 3. The quantitative estimate of drug-likeness (QED) is 0.706. The second kappa shape index (κ2) is 5.68. The monoisotopic (exact) mass is 353 g/mol. The summed E-state index contributed by atoms with van der Waals surface area (Å²) in [5.74, 6) is 0.643. The van der Waals surface area contributed by atoms with Gasteiger partial charge in [0, 0.05) is 9.58 Å². The number of hydrogen-bond donors (Lipinski definition) is 1. The zero-order valence-corrected chi connectivity index (χ0v) is 13.2. The molecule has 0 fully saturated rings. The summed E-state index contributed by atoms with van der Waals surface area (Å²) in [7, 11) is 0. The average molecular weight is 354 g/mol. The molecule has 3 rings (SSSR count). The Morgan fingerprint density at radius 2 is 2.20 bits per heavy atom. The highest BCUT2D eigenvalue weighted by Gasteiger charge is 2.21. The van der Waals surface area contributed by atoms with Crippen LogP contribution in [0.15, 0.2) is 45.5 Å². The molecule has 5 heteroatoms. The summed E-state index contributed by atoms with van der Waals surface area (Å²) in [6.07, 6.45) is 1.66. The van der Waals surface area contributed by atoms with Crippen molar-refractivity contribution in [2.45, 2.75) is 13.0 Å². The summed E-state index contributed by atoms with van der Waals surface area (Å²) >= 11 is 5.08. The molecule has 104 valence electrons. The molecule has 0 aliphatic heterocycles. The SMILES string of the molecule is CCNC(c1cc2ccc(F)cc2s1)c1occc1Br. The fraction of sp³-hybridized carbons (Fsp3) is 0.200. The van der Waals surface area contributed by atoms with E-state index in [0.29, 0.717) is 0 Å². The van der Waals surface area contributed by atoms with Gasteiger partial charge in [0.25, 0.3) is 0 Å². The standard InChI is InChI=1S/C15H13BrFNOS/c1-2-18-14(15-11(16)5-6-19-15)13-7-9-3-4-10(17)8-12(9)20-13/h3-8,14,18H,2H2,1H3. The Balaban J connectivity index is 2.07. The fourth-order valence-corrected chi connectivity index (χ4v) is 3.80. The normalized spacial score (nSPS) is 12.9. The van der Waals surface area contributed by atoms with Crippen LogP contribution in [0, 0.1) is 5.82 Å². The molecular weight excluding hydrogens is 341 g/mol. The third-order valence-electron chi connectivity index (χ3n) is 3.10. The van der Waals surface area contributed by atoms with Crippen molar-refractivity contribution in [3.8, 4) is 0 Å². The highest BCUT2D eigenvalue weighted by molar-refractivity contribution is 9.10. The van der Waals surface area contributed by atoms with Gasteiger partial charge in [-0.25, -0.2) is 4.39 Å². The van der Waals surface area contributed by atoms with Crippen LogP contribution < -0.4 is 5.32 Å². The van der Waals surface area contributed by atoms with Crippen molar-refractivity contribution in [3.63, 3.8) is 0 Å². The van der Waals surface area contributed by atoms with E-state index in [0.717, 1.165) is 31.7 Å². The van der Waals surface area contributed by atoms with Crippen LogP contribution in [0.25, 0.3) is 10.1 Å². The lowest BCUT2D eigenvalue weighted by atomic mass is 10.1. The van der Waals surface area contributed by atoms with Crippen molar-refractivity contribution in [3.05, 3.63) is 57.5 Å². The minimum Gasteiger partial charge on any atom is -0.466 e. The van der Waals surface area contributed by atoms with Gasteiger partial charge in [-0.1, -0.05) is 13.0 Å². The van der Waals surface area contributed by atoms with Crippen LogP contribution in [-0.4, -0.2) is 6.54 Å². The first-order chi connectivity index (χ1) is 9.69. The van der Waals surface area contributed by atoms with Crippen LogP contribution >= 0.6 is 27.3 Å². The molecular formula is C15H13BrFNOS. The second-order valence-corrected chi connectivity index (χ2v) is 6.42. The van der Waals surface area contributed by atoms with Gasteiger partial charge in [-0.3, -0.25) is 0 Å². The molecule has 0 aliphatic carbocycles. The summed E-state index contributed by atoms with van der Waals surface area (Å²) in [4.78, 5) is 1.11. The molecule has 0 spiro atoms.